The molecule has 3 aliphatic rings. The predicted octanol–water partition coefficient (Wildman–Crippen LogP) is 5.26. The van der Waals surface area contributed by atoms with Crippen molar-refractivity contribution in [3.63, 3.8) is 0 Å². The minimum atomic E-state index is 0.238. The summed E-state index contributed by atoms with van der Waals surface area (Å²) in [6.07, 6.45) is 0. The van der Waals surface area contributed by atoms with Gasteiger partial charge in [-0.1, -0.05) is 0 Å². The van der Waals surface area contributed by atoms with Crippen molar-refractivity contribution in [3.05, 3.63) is 88.8 Å². The lowest BCUT2D eigenvalue weighted by Crippen LogP contribution is -2.15. The normalized spacial score (nSPS) is 21.0. The zero-order valence-corrected chi connectivity index (χ0v) is 50.8. The molecule has 0 aliphatic carbocycles. The maximum Gasteiger partial charge on any atom is 0.0889 e. The van der Waals surface area contributed by atoms with Crippen LogP contribution in [0.4, 0.5) is 0 Å². The van der Waals surface area contributed by atoms with Gasteiger partial charge in [0.2, 0.25) is 0 Å². The molecular weight excluding hydrogens is 1130 g/mol. The fraction of sp³-hybridized carbons (Fsp3) is 0.667. The molecule has 0 saturated heterocycles. The molecule has 0 amide bonds. The molecular formula is C63H93N3O21. The van der Waals surface area contributed by atoms with Crippen LogP contribution < -0.4 is 0 Å². The monoisotopic (exact) mass is 1230 g/mol. The minimum Gasteiger partial charge on any atom is -0.377 e. The molecule has 3 aromatic heterocycles. The minimum absolute atomic E-state index is 0.238. The van der Waals surface area contributed by atoms with Gasteiger partial charge in [0.25, 0.3) is 0 Å². The molecule has 0 spiro atoms. The van der Waals surface area contributed by atoms with Crippen molar-refractivity contribution in [2.24, 2.45) is 0 Å². The second-order valence-corrected chi connectivity index (χ2v) is 19.8. The van der Waals surface area contributed by atoms with Crippen molar-refractivity contribution in [1.29, 1.82) is 0 Å². The molecule has 0 unspecified atom stereocenters. The predicted molar refractivity (Wildman–Crippen MR) is 316 cm³/mol. The van der Waals surface area contributed by atoms with Crippen LogP contribution in [0.3, 0.4) is 0 Å². The van der Waals surface area contributed by atoms with Crippen molar-refractivity contribution in [3.8, 4) is 33.4 Å². The van der Waals surface area contributed by atoms with Crippen molar-refractivity contribution in [2.45, 2.75) is 39.6 Å². The number of fused-ring (bicyclic) bond motifs is 6. The number of hydrogen-bond acceptors (Lipinski definition) is 24. The Morgan fingerprint density at radius 2 is 0.241 bits per heavy atom. The van der Waals surface area contributed by atoms with Gasteiger partial charge >= 0.3 is 0 Å². The van der Waals surface area contributed by atoms with E-state index in [9.17, 15) is 0 Å². The van der Waals surface area contributed by atoms with Gasteiger partial charge in [-0.25, -0.2) is 0 Å². The molecule has 6 bridgehead atoms. The third-order valence-electron chi connectivity index (χ3n) is 12.9. The lowest BCUT2D eigenvalue weighted by molar-refractivity contribution is -0.0224. The third-order valence-corrected chi connectivity index (χ3v) is 12.9. The van der Waals surface area contributed by atoms with Gasteiger partial charge in [0.05, 0.1) is 312 Å². The quantitative estimate of drug-likeness (QED) is 0.254. The molecule has 486 valence electrons. The molecule has 0 saturated carbocycles. The van der Waals surface area contributed by atoms with Gasteiger partial charge in [0.15, 0.2) is 0 Å². The van der Waals surface area contributed by atoms with E-state index in [1.807, 2.05) is 0 Å². The van der Waals surface area contributed by atoms with Crippen LogP contribution in [0.15, 0.2) is 54.6 Å². The van der Waals surface area contributed by atoms with Crippen LogP contribution in [-0.2, 0) is 139 Å². The average molecular weight is 1230 g/mol. The van der Waals surface area contributed by atoms with Crippen LogP contribution >= 0.6 is 0 Å². The Morgan fingerprint density at radius 1 is 0.138 bits per heavy atom. The lowest BCUT2D eigenvalue weighted by Gasteiger charge is -2.16. The van der Waals surface area contributed by atoms with Crippen molar-refractivity contribution in [2.75, 3.05) is 238 Å². The van der Waals surface area contributed by atoms with Crippen molar-refractivity contribution >= 4 is 0 Å². The Kier molecular flexibility index (Phi) is 37.8. The maximum atomic E-state index is 6.19. The number of nitrogens with zero attached hydrogens (tertiary/aromatic N) is 3. The summed E-state index contributed by atoms with van der Waals surface area (Å²) in [6.45, 7) is 16.9. The van der Waals surface area contributed by atoms with Gasteiger partial charge in [0, 0.05) is 0 Å². The first-order valence-corrected chi connectivity index (χ1v) is 30.5. The molecule has 7 rings (SSSR count). The van der Waals surface area contributed by atoms with Gasteiger partial charge in [-0.05, 0) is 88.0 Å². The Labute approximate surface area is 512 Å². The standard InChI is InChI=1S/C63H93N3O21/c1-7-70-13-19-76-25-31-82-46-58-40-55(41-59(64-58)47-83-32-26-77-20-14-71-8-2-67-1)52-37-53(56-42-60-48-84-33-27-78-21-15-72-9-3-68-4-10-73-16-22-79-28-34-85-49-61(43-56)65-60)39-54(38-52)57-44-62-50-86-35-29-80-23-17-74-11-5-69-6-12-75-18-24-81-30-36-87-51-63(45-57)66-62/h37-45H,1-36,46-51H2. The molecule has 24 nitrogen and oxygen atoms in total. The van der Waals surface area contributed by atoms with Crippen LogP contribution in [0, 0.1) is 0 Å². The van der Waals surface area contributed by atoms with Crippen molar-refractivity contribution in [1.82, 2.24) is 15.0 Å². The highest BCUT2D eigenvalue weighted by atomic mass is 16.6. The Bertz CT molecular complexity index is 2000. The van der Waals surface area contributed by atoms with Crippen LogP contribution in [0.25, 0.3) is 33.4 Å². The van der Waals surface area contributed by atoms with E-state index >= 15 is 0 Å². The van der Waals surface area contributed by atoms with E-state index in [-0.39, 0.29) is 39.6 Å². The molecule has 3 aliphatic heterocycles. The molecule has 24 heteroatoms. The van der Waals surface area contributed by atoms with Gasteiger partial charge in [-0.15, -0.1) is 0 Å². The van der Waals surface area contributed by atoms with Gasteiger partial charge in [-0.2, -0.15) is 0 Å². The highest BCUT2D eigenvalue weighted by Gasteiger charge is 2.16. The highest BCUT2D eigenvalue weighted by Crippen LogP contribution is 2.35. The van der Waals surface area contributed by atoms with Crippen LogP contribution in [0.1, 0.15) is 34.2 Å². The smallest absolute Gasteiger partial charge is 0.0889 e. The summed E-state index contributed by atoms with van der Waals surface area (Å²) in [5.74, 6) is 0. The molecule has 87 heavy (non-hydrogen) atoms. The first kappa shape index (κ1) is 70.3. The first-order valence-electron chi connectivity index (χ1n) is 30.5. The highest BCUT2D eigenvalue weighted by molar-refractivity contribution is 5.81. The van der Waals surface area contributed by atoms with E-state index in [1.54, 1.807) is 0 Å². The molecule has 6 heterocycles. The second-order valence-electron chi connectivity index (χ2n) is 19.8. The summed E-state index contributed by atoms with van der Waals surface area (Å²) in [4.78, 5) is 15.1. The SMILES string of the molecule is c1c(-c2cc3nc(c2)COCCOCCOCCOCCOCCOCCOC3)cc(-c2cc3nc(c2)COCCOCCOCCOCCOCCOCCOC3)cc1-c1cc2nc(c1)COCCOCCOCCOCCOCCOCCOC2. The van der Waals surface area contributed by atoms with E-state index in [0.717, 1.165) is 67.5 Å². The van der Waals surface area contributed by atoms with E-state index in [1.165, 1.54) is 0 Å². The molecule has 0 atom stereocenters. The summed E-state index contributed by atoms with van der Waals surface area (Å²) in [6, 6.07) is 18.9. The zero-order chi connectivity index (χ0) is 60.0. The number of hydrogen-bond donors (Lipinski definition) is 0. The summed E-state index contributed by atoms with van der Waals surface area (Å²) in [5.41, 5.74) is 9.81. The summed E-state index contributed by atoms with van der Waals surface area (Å²) < 4.78 is 123. The largest absolute Gasteiger partial charge is 0.377 e. The average Bonchev–Trinajstić information content (AvgIpc) is 3.24. The van der Waals surface area contributed by atoms with E-state index in [0.29, 0.717) is 238 Å². The fourth-order valence-corrected chi connectivity index (χ4v) is 8.73. The van der Waals surface area contributed by atoms with Crippen LogP contribution in [0.5, 0.6) is 0 Å². The molecule has 0 fully saturated rings. The van der Waals surface area contributed by atoms with Gasteiger partial charge in [-0.3, -0.25) is 15.0 Å². The van der Waals surface area contributed by atoms with Crippen molar-refractivity contribution < 1.29 is 99.5 Å². The van der Waals surface area contributed by atoms with Crippen LogP contribution in [-0.4, -0.2) is 253 Å². The number of rotatable bonds is 3. The summed E-state index contributed by atoms with van der Waals surface area (Å²) in [5, 5.41) is 0. The number of aromatic nitrogens is 3. The maximum absolute atomic E-state index is 6.19. The summed E-state index contributed by atoms with van der Waals surface area (Å²) in [7, 11) is 0. The van der Waals surface area contributed by atoms with Gasteiger partial charge < -0.3 is 99.5 Å². The Balaban J connectivity index is 1.20. The van der Waals surface area contributed by atoms with E-state index in [4.69, 9.17) is 114 Å². The number of pyridine rings is 3. The Hall–Kier alpha value is -4.17. The zero-order valence-electron chi connectivity index (χ0n) is 50.8. The first-order chi connectivity index (χ1) is 43.2. The van der Waals surface area contributed by atoms with Gasteiger partial charge in [0.1, 0.15) is 0 Å². The molecule has 0 radical (unpaired) electrons. The molecule has 0 N–H and O–H groups in total. The lowest BCUT2D eigenvalue weighted by atomic mass is 9.92. The number of ether oxygens (including phenoxy) is 21. The Morgan fingerprint density at radius 3 is 0.368 bits per heavy atom. The van der Waals surface area contributed by atoms with Crippen LogP contribution in [0.2, 0.25) is 0 Å². The van der Waals surface area contributed by atoms with E-state index < -0.39 is 0 Å². The second kappa shape index (κ2) is 46.8. The summed E-state index contributed by atoms with van der Waals surface area (Å²) >= 11 is 0. The van der Waals surface area contributed by atoms with E-state index in [2.05, 4.69) is 54.6 Å². The number of benzene rings is 1. The topological polar surface area (TPSA) is 232 Å². The fourth-order valence-electron chi connectivity index (χ4n) is 8.73. The third kappa shape index (κ3) is 31.9. The molecule has 1 aromatic carbocycles. The molecule has 4 aromatic rings.